The highest BCUT2D eigenvalue weighted by molar-refractivity contribution is 6.74. The predicted octanol–water partition coefficient (Wildman–Crippen LogP) is 5.78. The molecule has 0 aromatic carbocycles. The molecule has 1 fully saturated rings. The second-order valence-corrected chi connectivity index (χ2v) is 13.2. The zero-order valence-electron chi connectivity index (χ0n) is 15.3. The van der Waals surface area contributed by atoms with E-state index in [1.165, 1.54) is 10.6 Å². The molecule has 7 heteroatoms. The number of rotatable bonds is 3. The molecule has 2 aromatic heterocycles. The van der Waals surface area contributed by atoms with Crippen LogP contribution in [-0.4, -0.2) is 24.0 Å². The Kier molecular flexibility index (Phi) is 4.31. The van der Waals surface area contributed by atoms with Crippen LogP contribution in [0.4, 0.5) is 13.2 Å². The van der Waals surface area contributed by atoms with E-state index in [0.29, 0.717) is 23.9 Å². The predicted molar refractivity (Wildman–Crippen MR) is 95.1 cm³/mol. The van der Waals surface area contributed by atoms with Crippen LogP contribution in [-0.2, 0) is 10.6 Å². The van der Waals surface area contributed by atoms with Crippen LogP contribution in [0.3, 0.4) is 0 Å². The molecule has 3 nitrogen and oxygen atoms in total. The molecule has 0 radical (unpaired) electrons. The summed E-state index contributed by atoms with van der Waals surface area (Å²) in [6, 6.07) is 4.33. The minimum absolute atomic E-state index is 0.0353. The van der Waals surface area contributed by atoms with Gasteiger partial charge in [0.2, 0.25) is 0 Å². The Hall–Kier alpha value is -1.34. The van der Waals surface area contributed by atoms with Crippen LogP contribution in [0.1, 0.15) is 45.3 Å². The van der Waals surface area contributed by atoms with Crippen molar-refractivity contribution in [2.75, 3.05) is 0 Å². The second kappa shape index (κ2) is 5.84. The van der Waals surface area contributed by atoms with Crippen LogP contribution in [0.2, 0.25) is 18.1 Å². The van der Waals surface area contributed by atoms with Gasteiger partial charge in [-0.1, -0.05) is 20.8 Å². The largest absolute Gasteiger partial charge is 0.431 e. The first-order chi connectivity index (χ1) is 11.4. The molecular weight excluding hydrogens is 345 g/mol. The number of halogens is 3. The summed E-state index contributed by atoms with van der Waals surface area (Å²) in [5, 5.41) is 0.625. The zero-order chi connectivity index (χ0) is 18.6. The Morgan fingerprint density at radius 2 is 1.84 bits per heavy atom. The topological polar surface area (TPSA) is 27.1 Å². The summed E-state index contributed by atoms with van der Waals surface area (Å²) in [6.45, 7) is 10.9. The average Bonchev–Trinajstić information content (AvgIpc) is 2.80. The lowest BCUT2D eigenvalue weighted by atomic mass is 9.89. The minimum atomic E-state index is -4.38. The molecule has 0 amide bonds. The number of pyridine rings is 1. The quantitative estimate of drug-likeness (QED) is 0.640. The number of fused-ring (bicyclic) bond motifs is 1. The van der Waals surface area contributed by atoms with Gasteiger partial charge in [0.05, 0.1) is 0 Å². The zero-order valence-corrected chi connectivity index (χ0v) is 16.3. The summed E-state index contributed by atoms with van der Waals surface area (Å²) in [4.78, 5) is 4.19. The van der Waals surface area contributed by atoms with Crippen LogP contribution >= 0.6 is 0 Å². The molecule has 2 aromatic rings. The normalized spacial score (nSPS) is 22.2. The third kappa shape index (κ3) is 3.36. The molecule has 1 saturated carbocycles. The molecule has 25 heavy (non-hydrogen) atoms. The van der Waals surface area contributed by atoms with E-state index >= 15 is 0 Å². The monoisotopic (exact) mass is 370 g/mol. The van der Waals surface area contributed by atoms with Gasteiger partial charge in [0.15, 0.2) is 8.32 Å². The molecule has 1 aliphatic carbocycles. The summed E-state index contributed by atoms with van der Waals surface area (Å²) < 4.78 is 48.1. The molecule has 0 unspecified atom stereocenters. The first-order valence-electron chi connectivity index (χ1n) is 8.61. The smallest absolute Gasteiger partial charge is 0.414 e. The van der Waals surface area contributed by atoms with Crippen molar-refractivity contribution >= 4 is 19.4 Å². The maximum Gasteiger partial charge on any atom is 0.431 e. The van der Waals surface area contributed by atoms with Gasteiger partial charge in [-0.2, -0.15) is 13.2 Å². The first kappa shape index (κ1) is 18.4. The van der Waals surface area contributed by atoms with Crippen molar-refractivity contribution in [3.05, 3.63) is 30.1 Å². The van der Waals surface area contributed by atoms with Gasteiger partial charge in [0.25, 0.3) is 0 Å². The Balaban J connectivity index is 1.83. The lowest BCUT2D eigenvalue weighted by molar-refractivity contribution is -0.145. The van der Waals surface area contributed by atoms with Crippen LogP contribution in [0, 0.1) is 0 Å². The SMILES string of the molecule is CC(C)(C)[Si](C)(C)OC1CC(n2c(C(F)(F)F)cc3cccnc32)C1. The van der Waals surface area contributed by atoms with Crippen molar-refractivity contribution in [3.63, 3.8) is 0 Å². The third-order valence-electron chi connectivity index (χ3n) is 5.59. The van der Waals surface area contributed by atoms with E-state index in [4.69, 9.17) is 4.43 Å². The van der Waals surface area contributed by atoms with Crippen molar-refractivity contribution in [1.82, 2.24) is 9.55 Å². The van der Waals surface area contributed by atoms with E-state index in [2.05, 4.69) is 38.8 Å². The lowest BCUT2D eigenvalue weighted by Crippen LogP contribution is -2.48. The molecule has 3 rings (SSSR count). The second-order valence-electron chi connectivity index (χ2n) is 8.44. The van der Waals surface area contributed by atoms with Gasteiger partial charge < -0.3 is 8.99 Å². The van der Waals surface area contributed by atoms with Gasteiger partial charge in [0, 0.05) is 23.7 Å². The number of hydrogen-bond donors (Lipinski definition) is 0. The van der Waals surface area contributed by atoms with Crippen molar-refractivity contribution in [2.45, 2.75) is 70.1 Å². The molecule has 0 spiro atoms. The molecule has 0 bridgehead atoms. The van der Waals surface area contributed by atoms with Crippen molar-refractivity contribution < 1.29 is 17.6 Å². The van der Waals surface area contributed by atoms with Crippen molar-refractivity contribution in [1.29, 1.82) is 0 Å². The van der Waals surface area contributed by atoms with Gasteiger partial charge in [-0.15, -0.1) is 0 Å². The first-order valence-corrected chi connectivity index (χ1v) is 11.5. The number of aromatic nitrogens is 2. The molecule has 0 aliphatic heterocycles. The molecular formula is C18H25F3N2OSi. The summed E-state index contributed by atoms with van der Waals surface area (Å²) in [7, 11) is -1.90. The number of hydrogen-bond acceptors (Lipinski definition) is 2. The molecule has 0 saturated heterocycles. The maximum atomic E-state index is 13.5. The Morgan fingerprint density at radius 3 is 2.40 bits per heavy atom. The van der Waals surface area contributed by atoms with Gasteiger partial charge in [-0.3, -0.25) is 0 Å². The highest BCUT2D eigenvalue weighted by Crippen LogP contribution is 2.46. The molecule has 0 N–H and O–H groups in total. The Bertz CT molecular complexity index is 771. The van der Waals surface area contributed by atoms with Gasteiger partial charge in [-0.25, -0.2) is 4.98 Å². The van der Waals surface area contributed by atoms with E-state index < -0.39 is 20.2 Å². The fourth-order valence-corrected chi connectivity index (χ4v) is 4.46. The lowest BCUT2D eigenvalue weighted by Gasteiger charge is -2.45. The summed E-state index contributed by atoms with van der Waals surface area (Å²) in [6.07, 6.45) is -1.59. The standard InChI is InChI=1S/C18H25F3N2OSi/c1-17(2,3)25(4,5)24-14-10-13(11-14)23-15(18(19,20)21)9-12-7-6-8-22-16(12)23/h6-9,13-14H,10-11H2,1-5H3. The van der Waals surface area contributed by atoms with E-state index in [9.17, 15) is 13.2 Å². The van der Waals surface area contributed by atoms with Crippen LogP contribution < -0.4 is 0 Å². The molecule has 2 heterocycles. The molecule has 1 aliphatic rings. The van der Waals surface area contributed by atoms with Crippen molar-refractivity contribution in [2.24, 2.45) is 0 Å². The number of alkyl halides is 3. The van der Waals surface area contributed by atoms with Gasteiger partial charge in [-0.05, 0) is 49.2 Å². The number of nitrogens with zero attached hydrogens (tertiary/aromatic N) is 2. The minimum Gasteiger partial charge on any atom is -0.414 e. The van der Waals surface area contributed by atoms with Crippen LogP contribution in [0.15, 0.2) is 24.4 Å². The van der Waals surface area contributed by atoms with Gasteiger partial charge in [0.1, 0.15) is 11.3 Å². The molecule has 0 atom stereocenters. The maximum absolute atomic E-state index is 13.5. The van der Waals surface area contributed by atoms with E-state index in [0.717, 1.165) is 0 Å². The van der Waals surface area contributed by atoms with E-state index in [1.54, 1.807) is 18.3 Å². The summed E-state index contributed by atoms with van der Waals surface area (Å²) in [5.74, 6) is 0. The summed E-state index contributed by atoms with van der Waals surface area (Å²) in [5.41, 5.74) is -0.206. The molecule has 138 valence electrons. The summed E-state index contributed by atoms with van der Waals surface area (Å²) >= 11 is 0. The fourth-order valence-electron chi connectivity index (χ4n) is 3.08. The highest BCUT2D eigenvalue weighted by atomic mass is 28.4. The van der Waals surface area contributed by atoms with Crippen LogP contribution in [0.25, 0.3) is 11.0 Å². The third-order valence-corrected chi connectivity index (χ3v) is 10.1. The Morgan fingerprint density at radius 1 is 1.20 bits per heavy atom. The fraction of sp³-hybridized carbons (Fsp3) is 0.611. The Labute approximate surface area is 147 Å². The van der Waals surface area contributed by atoms with Gasteiger partial charge >= 0.3 is 6.18 Å². The van der Waals surface area contributed by atoms with E-state index in [1.807, 2.05) is 0 Å². The highest BCUT2D eigenvalue weighted by Gasteiger charge is 2.45. The van der Waals surface area contributed by atoms with E-state index in [-0.39, 0.29) is 17.2 Å². The average molecular weight is 370 g/mol. The van der Waals surface area contributed by atoms with Crippen molar-refractivity contribution in [3.8, 4) is 0 Å². The van der Waals surface area contributed by atoms with Crippen LogP contribution in [0.5, 0.6) is 0 Å².